The van der Waals surface area contributed by atoms with Gasteiger partial charge in [-0.1, -0.05) is 74.5 Å². The quantitative estimate of drug-likeness (QED) is 0.501. The summed E-state index contributed by atoms with van der Waals surface area (Å²) in [6.07, 6.45) is -1.73. The molecule has 2 aromatic rings. The van der Waals surface area contributed by atoms with E-state index in [-0.39, 0.29) is 19.1 Å². The Kier molecular flexibility index (Phi) is 9.02. The van der Waals surface area contributed by atoms with Crippen LogP contribution in [0.4, 0.5) is 4.79 Å². The van der Waals surface area contributed by atoms with Crippen molar-refractivity contribution in [3.63, 3.8) is 0 Å². The minimum absolute atomic E-state index is 0.0203. The third-order valence-corrected chi connectivity index (χ3v) is 4.41. The van der Waals surface area contributed by atoms with Gasteiger partial charge in [0.05, 0.1) is 6.54 Å². The lowest BCUT2D eigenvalue weighted by Crippen LogP contribution is -2.49. The Labute approximate surface area is 181 Å². The molecule has 0 aliphatic heterocycles. The number of carboxylic acids is 1. The van der Waals surface area contributed by atoms with E-state index in [0.29, 0.717) is 5.56 Å². The van der Waals surface area contributed by atoms with E-state index in [1.165, 1.54) is 4.90 Å². The van der Waals surface area contributed by atoms with Gasteiger partial charge >= 0.3 is 18.0 Å². The van der Waals surface area contributed by atoms with E-state index in [4.69, 9.17) is 9.84 Å². The highest BCUT2D eigenvalue weighted by Gasteiger charge is 2.29. The third kappa shape index (κ3) is 7.75. The third-order valence-electron chi connectivity index (χ3n) is 4.41. The van der Waals surface area contributed by atoms with Crippen LogP contribution < -0.4 is 5.32 Å². The van der Waals surface area contributed by atoms with Crippen molar-refractivity contribution < 1.29 is 29.3 Å². The van der Waals surface area contributed by atoms with Crippen molar-refractivity contribution in [2.24, 2.45) is 5.92 Å². The summed E-state index contributed by atoms with van der Waals surface area (Å²) in [5.74, 6) is -2.05. The first-order valence-corrected chi connectivity index (χ1v) is 9.99. The first-order valence-electron chi connectivity index (χ1n) is 9.99. The van der Waals surface area contributed by atoms with Gasteiger partial charge in [-0.15, -0.1) is 0 Å². The lowest BCUT2D eigenvalue weighted by molar-refractivity contribution is -0.148. The number of aliphatic carboxylic acids is 1. The van der Waals surface area contributed by atoms with E-state index >= 15 is 0 Å². The molecule has 2 aromatic carbocycles. The van der Waals surface area contributed by atoms with Gasteiger partial charge in [0.25, 0.3) is 0 Å². The van der Waals surface area contributed by atoms with Crippen LogP contribution in [0, 0.1) is 5.92 Å². The Morgan fingerprint density at radius 1 is 0.968 bits per heavy atom. The molecule has 0 spiro atoms. The number of nitrogens with one attached hydrogen (secondary N) is 1. The van der Waals surface area contributed by atoms with Gasteiger partial charge < -0.3 is 25.2 Å². The molecule has 0 bridgehead atoms. The Morgan fingerprint density at radius 2 is 1.55 bits per heavy atom. The lowest BCUT2D eigenvalue weighted by Gasteiger charge is -2.28. The smallest absolute Gasteiger partial charge is 0.334 e. The number of rotatable bonds is 10. The maximum atomic E-state index is 12.9. The fourth-order valence-corrected chi connectivity index (χ4v) is 2.92. The van der Waals surface area contributed by atoms with Crippen molar-refractivity contribution in [3.05, 3.63) is 71.8 Å². The molecule has 0 aliphatic rings. The lowest BCUT2D eigenvalue weighted by atomic mass is 10.1. The standard InChI is InChI=1S/C23H28N2O6/c1-16(2)13-25(14-19(26)21(27)28)23(30)24-20(18-11-7-4-8-12-18)22(29)31-15-17-9-5-3-6-10-17/h3-12,16,19-20,26H,13-15H2,1-2H3,(H,24,30)(H,27,28). The van der Waals surface area contributed by atoms with Gasteiger partial charge in [0, 0.05) is 6.54 Å². The van der Waals surface area contributed by atoms with Crippen LogP contribution in [0.25, 0.3) is 0 Å². The topological polar surface area (TPSA) is 116 Å². The molecule has 0 radical (unpaired) electrons. The van der Waals surface area contributed by atoms with Crippen molar-refractivity contribution in [3.8, 4) is 0 Å². The largest absolute Gasteiger partial charge is 0.479 e. The summed E-state index contributed by atoms with van der Waals surface area (Å²) in [6.45, 7) is 3.56. The Bertz CT molecular complexity index is 857. The van der Waals surface area contributed by atoms with Gasteiger partial charge in [0.15, 0.2) is 12.1 Å². The number of aliphatic hydroxyl groups is 1. The zero-order valence-electron chi connectivity index (χ0n) is 17.6. The molecular formula is C23H28N2O6. The predicted molar refractivity (Wildman–Crippen MR) is 114 cm³/mol. The fraction of sp³-hybridized carbons (Fsp3) is 0.348. The first-order chi connectivity index (χ1) is 14.8. The molecule has 2 rings (SSSR count). The summed E-state index contributed by atoms with van der Waals surface area (Å²) in [6, 6.07) is 16.0. The van der Waals surface area contributed by atoms with Crippen LogP contribution in [-0.2, 0) is 20.9 Å². The monoisotopic (exact) mass is 428 g/mol. The molecule has 2 atom stereocenters. The molecule has 0 saturated carbocycles. The van der Waals surface area contributed by atoms with Gasteiger partial charge in [-0.3, -0.25) is 0 Å². The van der Waals surface area contributed by atoms with E-state index in [0.717, 1.165) is 5.56 Å². The highest BCUT2D eigenvalue weighted by molar-refractivity contribution is 5.85. The van der Waals surface area contributed by atoms with Crippen LogP contribution >= 0.6 is 0 Å². The normalized spacial score (nSPS) is 12.6. The highest BCUT2D eigenvalue weighted by atomic mass is 16.5. The average Bonchev–Trinajstić information content (AvgIpc) is 2.76. The van der Waals surface area contributed by atoms with Crippen LogP contribution in [0.5, 0.6) is 0 Å². The summed E-state index contributed by atoms with van der Waals surface area (Å²) in [4.78, 5) is 37.9. The van der Waals surface area contributed by atoms with Crippen LogP contribution in [0.15, 0.2) is 60.7 Å². The number of hydrogen-bond donors (Lipinski definition) is 3. The summed E-state index contributed by atoms with van der Waals surface area (Å²) < 4.78 is 5.41. The van der Waals surface area contributed by atoms with E-state index < -0.39 is 36.7 Å². The molecule has 8 nitrogen and oxygen atoms in total. The van der Waals surface area contributed by atoms with Crippen molar-refractivity contribution >= 4 is 18.0 Å². The van der Waals surface area contributed by atoms with E-state index in [2.05, 4.69) is 5.32 Å². The Balaban J connectivity index is 2.17. The molecule has 0 heterocycles. The number of aliphatic hydroxyl groups excluding tert-OH is 1. The molecule has 0 aromatic heterocycles. The highest BCUT2D eigenvalue weighted by Crippen LogP contribution is 2.17. The van der Waals surface area contributed by atoms with Crippen molar-refractivity contribution in [1.29, 1.82) is 0 Å². The number of carbonyl (C=O) groups excluding carboxylic acids is 2. The van der Waals surface area contributed by atoms with E-state index in [9.17, 15) is 19.5 Å². The zero-order valence-corrected chi connectivity index (χ0v) is 17.6. The number of ether oxygens (including phenoxy) is 1. The second-order valence-electron chi connectivity index (χ2n) is 7.54. The maximum absolute atomic E-state index is 12.9. The minimum atomic E-state index is -1.73. The van der Waals surface area contributed by atoms with Crippen molar-refractivity contribution in [2.45, 2.75) is 32.6 Å². The molecule has 3 N–H and O–H groups in total. The SMILES string of the molecule is CC(C)CN(CC(O)C(=O)O)C(=O)NC(C(=O)OCc1ccccc1)c1ccccc1. The molecule has 0 saturated heterocycles. The number of benzene rings is 2. The molecule has 2 amide bonds. The van der Waals surface area contributed by atoms with Gasteiger partial charge in [0.1, 0.15) is 6.61 Å². The minimum Gasteiger partial charge on any atom is -0.479 e. The van der Waals surface area contributed by atoms with E-state index in [1.54, 1.807) is 30.3 Å². The van der Waals surface area contributed by atoms with Crippen LogP contribution in [-0.4, -0.2) is 52.3 Å². The number of carbonyl (C=O) groups is 3. The number of amides is 2. The van der Waals surface area contributed by atoms with Crippen molar-refractivity contribution in [2.75, 3.05) is 13.1 Å². The average molecular weight is 428 g/mol. The molecular weight excluding hydrogens is 400 g/mol. The Hall–Kier alpha value is -3.39. The van der Waals surface area contributed by atoms with Gasteiger partial charge in [-0.05, 0) is 17.0 Å². The van der Waals surface area contributed by atoms with Crippen molar-refractivity contribution in [1.82, 2.24) is 10.2 Å². The van der Waals surface area contributed by atoms with Crippen LogP contribution in [0.1, 0.15) is 31.0 Å². The number of nitrogens with zero attached hydrogens (tertiary/aromatic N) is 1. The number of carboxylic acid groups (broad SMARTS) is 1. The second kappa shape index (κ2) is 11.7. The van der Waals surface area contributed by atoms with Gasteiger partial charge in [-0.25, -0.2) is 14.4 Å². The summed E-state index contributed by atoms with van der Waals surface area (Å²) in [7, 11) is 0. The number of urea groups is 1. The first kappa shape index (κ1) is 23.9. The van der Waals surface area contributed by atoms with Crippen LogP contribution in [0.3, 0.4) is 0 Å². The summed E-state index contributed by atoms with van der Waals surface area (Å²) in [5, 5.41) is 21.3. The summed E-state index contributed by atoms with van der Waals surface area (Å²) in [5.41, 5.74) is 1.33. The van der Waals surface area contributed by atoms with E-state index in [1.807, 2.05) is 44.2 Å². The molecule has 8 heteroatoms. The molecule has 0 fully saturated rings. The zero-order chi connectivity index (χ0) is 22.8. The Morgan fingerprint density at radius 3 is 2.10 bits per heavy atom. The molecule has 0 aliphatic carbocycles. The molecule has 31 heavy (non-hydrogen) atoms. The van der Waals surface area contributed by atoms with Gasteiger partial charge in [0.2, 0.25) is 0 Å². The fourth-order valence-electron chi connectivity index (χ4n) is 2.92. The van der Waals surface area contributed by atoms with Gasteiger partial charge in [-0.2, -0.15) is 0 Å². The number of esters is 1. The molecule has 2 unspecified atom stereocenters. The second-order valence-corrected chi connectivity index (χ2v) is 7.54. The van der Waals surface area contributed by atoms with Crippen LogP contribution in [0.2, 0.25) is 0 Å². The maximum Gasteiger partial charge on any atom is 0.334 e. The molecule has 166 valence electrons. The predicted octanol–water partition coefficient (Wildman–Crippen LogP) is 2.58. The number of hydrogen-bond acceptors (Lipinski definition) is 5. The summed E-state index contributed by atoms with van der Waals surface area (Å²) >= 11 is 0.